The van der Waals surface area contributed by atoms with Gasteiger partial charge in [0, 0.05) is 11.8 Å². The van der Waals surface area contributed by atoms with Crippen LogP contribution in [0.3, 0.4) is 0 Å². The normalized spacial score (nSPS) is 20.7. The summed E-state index contributed by atoms with van der Waals surface area (Å²) in [5.74, 6) is 0.226. The van der Waals surface area contributed by atoms with Crippen LogP contribution >= 0.6 is 11.3 Å². The van der Waals surface area contributed by atoms with E-state index in [1.54, 1.807) is 17.4 Å². The van der Waals surface area contributed by atoms with Gasteiger partial charge in [-0.2, -0.15) is 0 Å². The van der Waals surface area contributed by atoms with Gasteiger partial charge in [-0.1, -0.05) is 13.8 Å². The van der Waals surface area contributed by atoms with E-state index in [1.165, 1.54) is 0 Å². The molecule has 0 amide bonds. The Morgan fingerprint density at radius 2 is 2.21 bits per heavy atom. The summed E-state index contributed by atoms with van der Waals surface area (Å²) in [5.41, 5.74) is 3.95. The van der Waals surface area contributed by atoms with Crippen molar-refractivity contribution >= 4 is 22.7 Å². The Balaban J connectivity index is 2.33. The Labute approximate surface area is 87.7 Å². The van der Waals surface area contributed by atoms with Gasteiger partial charge < -0.3 is 0 Å². The maximum absolute atomic E-state index is 11.5. The van der Waals surface area contributed by atoms with Gasteiger partial charge in [-0.15, -0.1) is 11.3 Å². The second-order valence-electron chi connectivity index (χ2n) is 4.53. The third kappa shape index (κ3) is 1.93. The van der Waals surface area contributed by atoms with Crippen molar-refractivity contribution in [2.75, 3.05) is 0 Å². The van der Waals surface area contributed by atoms with Crippen LogP contribution < -0.4 is 0 Å². The van der Waals surface area contributed by atoms with Crippen molar-refractivity contribution in [2.24, 2.45) is 5.41 Å². The second kappa shape index (κ2) is 3.31. The number of thiazole rings is 1. The predicted molar refractivity (Wildman–Crippen MR) is 58.1 cm³/mol. The highest BCUT2D eigenvalue weighted by molar-refractivity contribution is 7.07. The average Bonchev–Trinajstić information content (AvgIpc) is 2.51. The molecular formula is C11H13NOS. The summed E-state index contributed by atoms with van der Waals surface area (Å²) >= 11 is 1.57. The number of rotatable bonds is 1. The minimum atomic E-state index is 0.0881. The average molecular weight is 207 g/mol. The molecule has 0 unspecified atom stereocenters. The van der Waals surface area contributed by atoms with Gasteiger partial charge in [0.05, 0.1) is 11.2 Å². The number of hydrogen-bond donors (Lipinski definition) is 0. The standard InChI is InChI=1S/C11H13NOS/c1-11(2)4-8(3-9(13)5-11)10-6-14-7-12-10/h3,6-7H,4-5H2,1-2H3. The lowest BCUT2D eigenvalue weighted by atomic mass is 9.76. The van der Waals surface area contributed by atoms with Crippen LogP contribution in [0.1, 0.15) is 32.4 Å². The number of allylic oxidation sites excluding steroid dienone is 2. The fourth-order valence-electron chi connectivity index (χ4n) is 1.88. The van der Waals surface area contributed by atoms with Crippen molar-refractivity contribution in [3.63, 3.8) is 0 Å². The van der Waals surface area contributed by atoms with Crippen LogP contribution in [0.25, 0.3) is 5.57 Å². The van der Waals surface area contributed by atoms with Crippen LogP contribution in [-0.2, 0) is 4.79 Å². The van der Waals surface area contributed by atoms with Crippen LogP contribution in [0.5, 0.6) is 0 Å². The van der Waals surface area contributed by atoms with Crippen molar-refractivity contribution in [2.45, 2.75) is 26.7 Å². The number of carbonyl (C=O) groups is 1. The molecule has 1 aromatic heterocycles. The Morgan fingerprint density at radius 3 is 2.79 bits per heavy atom. The lowest BCUT2D eigenvalue weighted by Crippen LogP contribution is -2.21. The molecule has 0 atom stereocenters. The van der Waals surface area contributed by atoms with Crippen LogP contribution in [0, 0.1) is 5.41 Å². The van der Waals surface area contributed by atoms with Crippen LogP contribution in [0.15, 0.2) is 17.0 Å². The maximum atomic E-state index is 11.5. The van der Waals surface area contributed by atoms with Crippen molar-refractivity contribution in [1.82, 2.24) is 4.98 Å². The Kier molecular flexibility index (Phi) is 2.27. The quantitative estimate of drug-likeness (QED) is 0.708. The first-order valence-electron chi connectivity index (χ1n) is 4.69. The number of hydrogen-bond acceptors (Lipinski definition) is 3. The zero-order valence-corrected chi connectivity index (χ0v) is 9.23. The first-order chi connectivity index (χ1) is 6.57. The molecule has 0 saturated carbocycles. The summed E-state index contributed by atoms with van der Waals surface area (Å²) in [5, 5.41) is 2.00. The molecule has 0 spiro atoms. The van der Waals surface area contributed by atoms with Gasteiger partial charge in [-0.05, 0) is 23.5 Å². The molecular weight excluding hydrogens is 194 g/mol. The van der Waals surface area contributed by atoms with Gasteiger partial charge >= 0.3 is 0 Å². The first kappa shape index (κ1) is 9.59. The van der Waals surface area contributed by atoms with Gasteiger partial charge in [0.25, 0.3) is 0 Å². The molecule has 1 aliphatic rings. The minimum Gasteiger partial charge on any atom is -0.295 e. The van der Waals surface area contributed by atoms with E-state index < -0.39 is 0 Å². The molecule has 2 rings (SSSR count). The lowest BCUT2D eigenvalue weighted by molar-refractivity contribution is -0.116. The van der Waals surface area contributed by atoms with E-state index in [2.05, 4.69) is 18.8 Å². The summed E-state index contributed by atoms with van der Waals surface area (Å²) < 4.78 is 0. The molecule has 1 heterocycles. The van der Waals surface area contributed by atoms with E-state index >= 15 is 0 Å². The molecule has 1 aliphatic carbocycles. The molecule has 0 aromatic carbocycles. The van der Waals surface area contributed by atoms with Crippen molar-refractivity contribution in [3.8, 4) is 0 Å². The first-order valence-corrected chi connectivity index (χ1v) is 5.63. The number of ketones is 1. The summed E-state index contributed by atoms with van der Waals surface area (Å²) in [7, 11) is 0. The van der Waals surface area contributed by atoms with Gasteiger partial charge in [0.15, 0.2) is 5.78 Å². The molecule has 0 fully saturated rings. The van der Waals surface area contributed by atoms with E-state index in [0.717, 1.165) is 17.7 Å². The SMILES string of the molecule is CC1(C)CC(=O)C=C(c2cscn2)C1. The number of aromatic nitrogens is 1. The molecule has 1 aromatic rings. The van der Waals surface area contributed by atoms with Gasteiger partial charge in [-0.3, -0.25) is 4.79 Å². The van der Waals surface area contributed by atoms with Crippen molar-refractivity contribution in [3.05, 3.63) is 22.7 Å². The van der Waals surface area contributed by atoms with Crippen molar-refractivity contribution < 1.29 is 4.79 Å². The second-order valence-corrected chi connectivity index (χ2v) is 5.25. The highest BCUT2D eigenvalue weighted by atomic mass is 32.1. The van der Waals surface area contributed by atoms with E-state index in [9.17, 15) is 4.79 Å². The molecule has 3 heteroatoms. The smallest absolute Gasteiger partial charge is 0.156 e. The van der Waals surface area contributed by atoms with E-state index in [-0.39, 0.29) is 11.2 Å². The van der Waals surface area contributed by atoms with E-state index in [1.807, 2.05) is 10.9 Å². The summed E-state index contributed by atoms with van der Waals surface area (Å²) in [6, 6.07) is 0. The zero-order valence-electron chi connectivity index (χ0n) is 8.41. The molecule has 14 heavy (non-hydrogen) atoms. The predicted octanol–water partition coefficient (Wildman–Crippen LogP) is 2.92. The summed E-state index contributed by atoms with van der Waals surface area (Å²) in [4.78, 5) is 15.7. The van der Waals surface area contributed by atoms with E-state index in [0.29, 0.717) is 6.42 Å². The van der Waals surface area contributed by atoms with Crippen molar-refractivity contribution in [1.29, 1.82) is 0 Å². The van der Waals surface area contributed by atoms with Crippen LogP contribution in [-0.4, -0.2) is 10.8 Å². The molecule has 74 valence electrons. The topological polar surface area (TPSA) is 30.0 Å². The molecule has 0 radical (unpaired) electrons. The molecule has 0 bridgehead atoms. The Bertz CT molecular complexity index is 376. The highest BCUT2D eigenvalue weighted by Crippen LogP contribution is 2.37. The third-order valence-electron chi connectivity index (χ3n) is 2.42. The molecule has 0 N–H and O–H groups in total. The molecule has 0 aliphatic heterocycles. The zero-order chi connectivity index (χ0) is 10.2. The van der Waals surface area contributed by atoms with E-state index in [4.69, 9.17) is 0 Å². The fourth-order valence-corrected chi connectivity index (χ4v) is 2.46. The van der Waals surface area contributed by atoms with Gasteiger partial charge in [0.1, 0.15) is 0 Å². The molecule has 0 saturated heterocycles. The fraction of sp³-hybridized carbons (Fsp3) is 0.455. The maximum Gasteiger partial charge on any atom is 0.156 e. The third-order valence-corrected chi connectivity index (χ3v) is 3.00. The number of carbonyl (C=O) groups excluding carboxylic acids is 1. The minimum absolute atomic E-state index is 0.0881. The number of nitrogens with zero attached hydrogens (tertiary/aromatic N) is 1. The molecule has 2 nitrogen and oxygen atoms in total. The highest BCUT2D eigenvalue weighted by Gasteiger charge is 2.28. The Morgan fingerprint density at radius 1 is 1.43 bits per heavy atom. The van der Waals surface area contributed by atoms with Crippen LogP contribution in [0.2, 0.25) is 0 Å². The van der Waals surface area contributed by atoms with Gasteiger partial charge in [0.2, 0.25) is 0 Å². The largest absolute Gasteiger partial charge is 0.295 e. The van der Waals surface area contributed by atoms with Crippen LogP contribution in [0.4, 0.5) is 0 Å². The monoisotopic (exact) mass is 207 g/mol. The summed E-state index contributed by atoms with van der Waals surface area (Å²) in [6.45, 7) is 4.26. The lowest BCUT2D eigenvalue weighted by Gasteiger charge is -2.28. The Hall–Kier alpha value is -0.960. The van der Waals surface area contributed by atoms with Gasteiger partial charge in [-0.25, -0.2) is 4.98 Å². The summed E-state index contributed by atoms with van der Waals surface area (Å²) in [6.07, 6.45) is 3.35.